The Hall–Kier alpha value is -2.24. The predicted molar refractivity (Wildman–Crippen MR) is 129 cm³/mol. The van der Waals surface area contributed by atoms with Crippen molar-refractivity contribution in [2.24, 2.45) is 5.14 Å². The van der Waals surface area contributed by atoms with Crippen molar-refractivity contribution in [2.45, 2.75) is 43.7 Å². The van der Waals surface area contributed by atoms with E-state index in [0.29, 0.717) is 28.1 Å². The van der Waals surface area contributed by atoms with Crippen LogP contribution in [-0.4, -0.2) is 38.8 Å². The quantitative estimate of drug-likeness (QED) is 0.346. The van der Waals surface area contributed by atoms with Crippen LogP contribution >= 0.6 is 11.6 Å². The van der Waals surface area contributed by atoms with Crippen molar-refractivity contribution in [1.29, 1.82) is 0 Å². The summed E-state index contributed by atoms with van der Waals surface area (Å²) in [6, 6.07) is 11.0. The second-order valence-electron chi connectivity index (χ2n) is 8.79. The summed E-state index contributed by atoms with van der Waals surface area (Å²) in [6.07, 6.45) is 1.63. The van der Waals surface area contributed by atoms with Gasteiger partial charge in [-0.3, -0.25) is 4.79 Å². The summed E-state index contributed by atoms with van der Waals surface area (Å²) >= 11 is 6.12. The number of nitrogens with one attached hydrogen (secondary N) is 1. The lowest BCUT2D eigenvalue weighted by Crippen LogP contribution is -2.22. The van der Waals surface area contributed by atoms with E-state index in [4.69, 9.17) is 21.5 Å². The lowest BCUT2D eigenvalue weighted by Gasteiger charge is -2.15. The Labute approximate surface area is 193 Å². The van der Waals surface area contributed by atoms with Gasteiger partial charge in [-0.15, -0.1) is 0 Å². The number of hydrogen-bond acceptors (Lipinski definition) is 5. The molecule has 1 amide bonds. The molecule has 1 heterocycles. The molecule has 172 valence electrons. The Morgan fingerprint density at radius 3 is 2.62 bits per heavy atom. The third kappa shape index (κ3) is 6.63. The highest BCUT2D eigenvalue weighted by Gasteiger charge is 2.19. The molecular formula is C21H27ClN4O4SSi. The van der Waals surface area contributed by atoms with Gasteiger partial charge in [0, 0.05) is 37.0 Å². The molecule has 32 heavy (non-hydrogen) atoms. The summed E-state index contributed by atoms with van der Waals surface area (Å²) in [6.45, 7) is 7.59. The number of primary sulfonamides is 1. The highest BCUT2D eigenvalue weighted by Crippen LogP contribution is 2.27. The molecule has 0 unspecified atom stereocenters. The molecule has 11 heteroatoms. The van der Waals surface area contributed by atoms with Gasteiger partial charge in [0.1, 0.15) is 6.73 Å². The minimum atomic E-state index is -4.05. The van der Waals surface area contributed by atoms with Gasteiger partial charge >= 0.3 is 0 Å². The summed E-state index contributed by atoms with van der Waals surface area (Å²) in [7, 11) is -5.26. The van der Waals surface area contributed by atoms with Crippen molar-refractivity contribution < 1.29 is 17.9 Å². The van der Waals surface area contributed by atoms with E-state index in [9.17, 15) is 13.2 Å². The van der Waals surface area contributed by atoms with E-state index < -0.39 is 18.1 Å². The minimum Gasteiger partial charge on any atom is -0.360 e. The zero-order valence-electron chi connectivity index (χ0n) is 18.3. The minimum absolute atomic E-state index is 0.0434. The first-order valence-electron chi connectivity index (χ1n) is 10.1. The van der Waals surface area contributed by atoms with Crippen LogP contribution in [0, 0.1) is 0 Å². The maximum absolute atomic E-state index is 12.5. The molecule has 0 aliphatic heterocycles. The lowest BCUT2D eigenvalue weighted by molar-refractivity contribution is -0.115. The number of nitrogens with two attached hydrogens (primary N) is 1. The number of benzene rings is 2. The summed E-state index contributed by atoms with van der Waals surface area (Å²) in [5.41, 5.74) is 1.33. The molecule has 3 rings (SSSR count). The van der Waals surface area contributed by atoms with Crippen molar-refractivity contribution in [1.82, 2.24) is 9.78 Å². The van der Waals surface area contributed by atoms with Gasteiger partial charge in [0.25, 0.3) is 0 Å². The summed E-state index contributed by atoms with van der Waals surface area (Å²) in [4.78, 5) is 12.4. The summed E-state index contributed by atoms with van der Waals surface area (Å²) in [5.74, 6) is -0.341. The molecule has 8 nitrogen and oxygen atoms in total. The van der Waals surface area contributed by atoms with Crippen LogP contribution < -0.4 is 10.5 Å². The second-order valence-corrected chi connectivity index (χ2v) is 16.3. The number of rotatable bonds is 9. The van der Waals surface area contributed by atoms with Crippen LogP contribution in [0.4, 0.5) is 5.69 Å². The van der Waals surface area contributed by atoms with Gasteiger partial charge < -0.3 is 10.1 Å². The SMILES string of the molecule is C[Si](C)(C)CCOCn1cc2c(S(N)(=O)=O)cc(NC(=O)Cc3ccccc3Cl)cc2n1. The number of hydrogen-bond donors (Lipinski definition) is 2. The Bertz CT molecular complexity index is 1240. The van der Waals surface area contributed by atoms with Crippen molar-refractivity contribution in [3.63, 3.8) is 0 Å². The van der Waals surface area contributed by atoms with Crippen molar-refractivity contribution in [3.05, 3.63) is 53.2 Å². The number of anilines is 1. The normalized spacial score (nSPS) is 12.3. The number of aromatic nitrogens is 2. The van der Waals surface area contributed by atoms with E-state index >= 15 is 0 Å². The molecule has 1 aromatic heterocycles. The van der Waals surface area contributed by atoms with E-state index in [1.807, 2.05) is 0 Å². The number of nitrogens with zero attached hydrogens (tertiary/aromatic N) is 2. The monoisotopic (exact) mass is 494 g/mol. The fourth-order valence-electron chi connectivity index (χ4n) is 3.07. The van der Waals surface area contributed by atoms with Gasteiger partial charge in [-0.2, -0.15) is 5.10 Å². The van der Waals surface area contributed by atoms with Crippen LogP contribution in [0.15, 0.2) is 47.5 Å². The zero-order valence-corrected chi connectivity index (χ0v) is 20.8. The average molecular weight is 495 g/mol. The highest BCUT2D eigenvalue weighted by molar-refractivity contribution is 7.89. The predicted octanol–water partition coefficient (Wildman–Crippen LogP) is 3.83. The number of fused-ring (bicyclic) bond motifs is 1. The number of halogens is 1. The zero-order chi connectivity index (χ0) is 23.5. The molecule has 0 aliphatic carbocycles. The smallest absolute Gasteiger partial charge is 0.238 e. The van der Waals surface area contributed by atoms with E-state index in [2.05, 4.69) is 30.1 Å². The van der Waals surface area contributed by atoms with Crippen molar-refractivity contribution >= 4 is 52.2 Å². The molecule has 0 atom stereocenters. The number of amides is 1. The molecule has 3 aromatic rings. The molecule has 0 radical (unpaired) electrons. The maximum Gasteiger partial charge on any atom is 0.238 e. The van der Waals surface area contributed by atoms with Gasteiger partial charge in [0.2, 0.25) is 15.9 Å². The Balaban J connectivity index is 1.81. The summed E-state index contributed by atoms with van der Waals surface area (Å²) < 4.78 is 31.6. The number of carbonyl (C=O) groups is 1. The fourth-order valence-corrected chi connectivity index (χ4v) is 4.79. The van der Waals surface area contributed by atoms with E-state index in [1.165, 1.54) is 10.7 Å². The topological polar surface area (TPSA) is 116 Å². The first-order valence-corrected chi connectivity index (χ1v) is 15.7. The number of carbonyl (C=O) groups excluding carboxylic acids is 1. The fraction of sp³-hybridized carbons (Fsp3) is 0.333. The maximum atomic E-state index is 12.5. The van der Waals surface area contributed by atoms with E-state index in [-0.39, 0.29) is 29.6 Å². The molecule has 2 aromatic carbocycles. The Morgan fingerprint density at radius 1 is 1.25 bits per heavy atom. The van der Waals surface area contributed by atoms with Gasteiger partial charge in [-0.1, -0.05) is 49.4 Å². The standard InChI is InChI=1S/C21H27ClN4O4SSi/c1-32(2,3)9-8-30-14-26-13-17-19(25-26)11-16(12-20(17)31(23,28)29)24-21(27)10-15-6-4-5-7-18(15)22/h4-7,11-13H,8-10,14H2,1-3H3,(H,24,27)(H2,23,28,29). The molecule has 0 saturated heterocycles. The lowest BCUT2D eigenvalue weighted by atomic mass is 10.1. The molecule has 0 spiro atoms. The largest absolute Gasteiger partial charge is 0.360 e. The van der Waals surface area contributed by atoms with E-state index in [0.717, 1.165) is 6.04 Å². The molecule has 0 bridgehead atoms. The molecule has 0 saturated carbocycles. The van der Waals surface area contributed by atoms with Crippen LogP contribution in [0.25, 0.3) is 10.9 Å². The number of ether oxygens (including phenoxy) is 1. The van der Waals surface area contributed by atoms with Gasteiger partial charge in [-0.05, 0) is 29.8 Å². The van der Waals surface area contributed by atoms with Gasteiger partial charge in [0.05, 0.1) is 16.8 Å². The Kier molecular flexibility index (Phi) is 7.41. The molecule has 0 fully saturated rings. The third-order valence-electron chi connectivity index (χ3n) is 4.75. The number of sulfonamides is 1. The van der Waals surface area contributed by atoms with Crippen molar-refractivity contribution in [3.8, 4) is 0 Å². The first-order chi connectivity index (χ1) is 14.9. The van der Waals surface area contributed by atoms with Gasteiger partial charge in [-0.25, -0.2) is 18.2 Å². The van der Waals surface area contributed by atoms with Crippen LogP contribution in [0.1, 0.15) is 5.56 Å². The highest BCUT2D eigenvalue weighted by atomic mass is 35.5. The Morgan fingerprint density at radius 2 is 1.97 bits per heavy atom. The third-order valence-corrected chi connectivity index (χ3v) is 7.78. The van der Waals surface area contributed by atoms with Crippen LogP contribution in [0.2, 0.25) is 30.7 Å². The summed E-state index contributed by atoms with van der Waals surface area (Å²) in [5, 5.41) is 13.4. The van der Waals surface area contributed by atoms with Crippen LogP contribution in [-0.2, 0) is 32.7 Å². The molecule has 3 N–H and O–H groups in total. The molecular weight excluding hydrogens is 468 g/mol. The first kappa shape index (κ1) is 24.4. The molecule has 0 aliphatic rings. The van der Waals surface area contributed by atoms with Gasteiger partial charge in [0.15, 0.2) is 0 Å². The van der Waals surface area contributed by atoms with E-state index in [1.54, 1.807) is 36.5 Å². The average Bonchev–Trinajstić information content (AvgIpc) is 3.07. The second kappa shape index (κ2) is 9.71. The van der Waals surface area contributed by atoms with Crippen LogP contribution in [0.3, 0.4) is 0 Å². The van der Waals surface area contributed by atoms with Crippen LogP contribution in [0.5, 0.6) is 0 Å². The van der Waals surface area contributed by atoms with Crippen molar-refractivity contribution in [2.75, 3.05) is 11.9 Å².